The van der Waals surface area contributed by atoms with Gasteiger partial charge in [0.1, 0.15) is 11.3 Å². The van der Waals surface area contributed by atoms with Gasteiger partial charge in [0.15, 0.2) is 5.58 Å². The van der Waals surface area contributed by atoms with Gasteiger partial charge >= 0.3 is 6.08 Å². The van der Waals surface area contributed by atoms with Gasteiger partial charge in [0.2, 0.25) is 0 Å². The topological polar surface area (TPSA) is 47.3 Å². The zero-order valence-electron chi connectivity index (χ0n) is 14.4. The molecule has 0 amide bonds. The van der Waals surface area contributed by atoms with Gasteiger partial charge in [0.05, 0.1) is 0 Å². The summed E-state index contributed by atoms with van der Waals surface area (Å²) in [5, 5.41) is 3.66. The van der Waals surface area contributed by atoms with Crippen molar-refractivity contribution in [1.29, 1.82) is 0 Å². The predicted molar refractivity (Wildman–Crippen MR) is 99.1 cm³/mol. The van der Waals surface area contributed by atoms with E-state index < -0.39 is 0 Å². The van der Waals surface area contributed by atoms with Crippen LogP contribution in [0.3, 0.4) is 0 Å². The number of hydrogen-bond acceptors (Lipinski definition) is 4. The Bertz CT molecular complexity index is 769. The Hall–Kier alpha value is -2.33. The fraction of sp³-hybridized carbons (Fsp3) is 0.381. The lowest BCUT2D eigenvalue weighted by Gasteiger charge is -2.15. The van der Waals surface area contributed by atoms with E-state index in [-0.39, 0.29) is 6.08 Å². The average molecular weight is 336 g/mol. The Morgan fingerprint density at radius 3 is 2.80 bits per heavy atom. The summed E-state index contributed by atoms with van der Waals surface area (Å²) in [5.41, 5.74) is 2.89. The molecule has 1 aliphatic rings. The van der Waals surface area contributed by atoms with E-state index in [4.69, 9.17) is 9.15 Å². The Morgan fingerprint density at radius 1 is 1.04 bits per heavy atom. The molecule has 0 spiro atoms. The fourth-order valence-electron chi connectivity index (χ4n) is 3.41. The van der Waals surface area contributed by atoms with E-state index in [1.54, 1.807) is 0 Å². The van der Waals surface area contributed by atoms with Crippen LogP contribution in [0.4, 0.5) is 0 Å². The first-order valence-electron chi connectivity index (χ1n) is 9.22. The summed E-state index contributed by atoms with van der Waals surface area (Å²) < 4.78 is 11.3. The number of hydrogen-bond donors (Lipinski definition) is 1. The smallest absolute Gasteiger partial charge is 0.400 e. The summed E-state index contributed by atoms with van der Waals surface area (Å²) in [4.78, 5) is 4.34. The maximum Gasteiger partial charge on any atom is 0.400 e. The number of para-hydroxylation sites is 2. The molecule has 130 valence electrons. The van der Waals surface area contributed by atoms with Crippen LogP contribution in [0.25, 0.3) is 11.1 Å². The van der Waals surface area contributed by atoms with Gasteiger partial charge in [0.25, 0.3) is 0 Å². The maximum absolute atomic E-state index is 5.74. The molecule has 2 heterocycles. The normalized spacial score (nSPS) is 18.2. The molecule has 1 aromatic heterocycles. The van der Waals surface area contributed by atoms with Gasteiger partial charge in [-0.25, -0.2) is 0 Å². The molecular formula is C21H24N2O2. The molecule has 1 atom stereocenters. The van der Waals surface area contributed by atoms with Gasteiger partial charge in [0, 0.05) is 6.04 Å². The zero-order chi connectivity index (χ0) is 16.9. The van der Waals surface area contributed by atoms with Crippen LogP contribution in [0.2, 0.25) is 0 Å². The van der Waals surface area contributed by atoms with E-state index in [1.165, 1.54) is 44.2 Å². The van der Waals surface area contributed by atoms with Gasteiger partial charge in [-0.15, -0.1) is 0 Å². The Labute approximate surface area is 148 Å². The summed E-state index contributed by atoms with van der Waals surface area (Å²) in [7, 11) is 0. The maximum atomic E-state index is 5.74. The van der Waals surface area contributed by atoms with Crippen LogP contribution < -0.4 is 10.1 Å². The van der Waals surface area contributed by atoms with Gasteiger partial charge < -0.3 is 14.5 Å². The molecule has 1 unspecified atom stereocenters. The van der Waals surface area contributed by atoms with Crippen molar-refractivity contribution in [2.45, 2.75) is 44.6 Å². The summed E-state index contributed by atoms with van der Waals surface area (Å²) in [6, 6.07) is 16.6. The Kier molecular flexibility index (Phi) is 4.98. The summed E-state index contributed by atoms with van der Waals surface area (Å²) in [6.07, 6.45) is 7.93. The van der Waals surface area contributed by atoms with E-state index in [9.17, 15) is 0 Å². The first-order valence-corrected chi connectivity index (χ1v) is 9.22. The van der Waals surface area contributed by atoms with Crippen LogP contribution in [0.1, 0.15) is 37.7 Å². The third kappa shape index (κ3) is 4.20. The lowest BCUT2D eigenvalue weighted by molar-refractivity contribution is 0.343. The summed E-state index contributed by atoms with van der Waals surface area (Å²) in [5.74, 6) is 0.753. The second-order valence-corrected chi connectivity index (χ2v) is 6.73. The molecule has 4 rings (SSSR count). The lowest BCUT2D eigenvalue weighted by Crippen LogP contribution is -2.28. The second kappa shape index (κ2) is 7.70. The molecule has 1 fully saturated rings. The van der Waals surface area contributed by atoms with Crippen LogP contribution in [-0.4, -0.2) is 17.6 Å². The zero-order valence-corrected chi connectivity index (χ0v) is 14.4. The molecule has 3 aromatic rings. The van der Waals surface area contributed by atoms with Crippen LogP contribution >= 0.6 is 0 Å². The summed E-state index contributed by atoms with van der Waals surface area (Å²) >= 11 is 0. The largest absolute Gasteiger partial charge is 0.411 e. The third-order valence-electron chi connectivity index (χ3n) is 4.85. The van der Waals surface area contributed by atoms with Crippen LogP contribution in [0, 0.1) is 0 Å². The molecule has 0 bridgehead atoms. The number of rotatable bonds is 5. The highest BCUT2D eigenvalue weighted by molar-refractivity contribution is 5.72. The molecule has 0 aliphatic carbocycles. The number of nitrogens with zero attached hydrogens (tertiary/aromatic N) is 1. The molecule has 25 heavy (non-hydrogen) atoms. The minimum absolute atomic E-state index is 0.289. The van der Waals surface area contributed by atoms with Crippen molar-refractivity contribution in [2.75, 3.05) is 6.54 Å². The third-order valence-corrected chi connectivity index (χ3v) is 4.85. The molecule has 1 N–H and O–H groups in total. The number of nitrogens with one attached hydrogen (secondary N) is 1. The molecule has 4 nitrogen and oxygen atoms in total. The first kappa shape index (κ1) is 16.2. The van der Waals surface area contributed by atoms with E-state index in [0.717, 1.165) is 23.3 Å². The van der Waals surface area contributed by atoms with Gasteiger partial charge in [-0.3, -0.25) is 0 Å². The number of ether oxygens (including phenoxy) is 1. The van der Waals surface area contributed by atoms with Crippen molar-refractivity contribution < 1.29 is 9.15 Å². The highest BCUT2D eigenvalue weighted by Gasteiger charge is 2.11. The van der Waals surface area contributed by atoms with Crippen molar-refractivity contribution in [2.24, 2.45) is 0 Å². The SMILES string of the molecule is c1ccc2oc(Oc3ccc(CCC4CCCCCN4)cc3)nc2c1. The quantitative estimate of drug-likeness (QED) is 0.705. The summed E-state index contributed by atoms with van der Waals surface area (Å²) in [6.45, 7) is 1.17. The lowest BCUT2D eigenvalue weighted by atomic mass is 10.0. The highest BCUT2D eigenvalue weighted by Crippen LogP contribution is 2.25. The van der Waals surface area contributed by atoms with Gasteiger partial charge in [-0.2, -0.15) is 4.98 Å². The highest BCUT2D eigenvalue weighted by atomic mass is 16.6. The van der Waals surface area contributed by atoms with E-state index in [0.29, 0.717) is 6.04 Å². The van der Waals surface area contributed by atoms with Gasteiger partial charge in [-0.1, -0.05) is 37.1 Å². The molecule has 1 aliphatic heterocycles. The average Bonchev–Trinajstić information content (AvgIpc) is 2.86. The number of oxazole rings is 1. The van der Waals surface area contributed by atoms with Crippen molar-refractivity contribution in [3.8, 4) is 11.8 Å². The molecule has 4 heteroatoms. The Balaban J connectivity index is 1.34. The molecule has 1 saturated heterocycles. The second-order valence-electron chi connectivity index (χ2n) is 6.73. The molecule has 0 radical (unpaired) electrons. The molecule has 2 aromatic carbocycles. The predicted octanol–water partition coefficient (Wildman–Crippen LogP) is 5.08. The van der Waals surface area contributed by atoms with E-state index in [1.807, 2.05) is 36.4 Å². The monoisotopic (exact) mass is 336 g/mol. The van der Waals surface area contributed by atoms with Crippen molar-refractivity contribution >= 4 is 11.1 Å². The van der Waals surface area contributed by atoms with Gasteiger partial charge in [-0.05, 0) is 62.1 Å². The first-order chi connectivity index (χ1) is 12.4. The standard InChI is InChI=1S/C21H24N2O2/c1-2-6-17(22-15-5-1)12-9-16-10-13-18(14-11-16)24-21-23-19-7-3-4-8-20(19)25-21/h3-4,7-8,10-11,13-14,17,22H,1-2,5-6,9,12,15H2. The fourth-order valence-corrected chi connectivity index (χ4v) is 3.41. The van der Waals surface area contributed by atoms with Crippen molar-refractivity contribution in [3.05, 3.63) is 54.1 Å². The minimum Gasteiger partial charge on any atom is -0.411 e. The molecule has 0 saturated carbocycles. The van der Waals surface area contributed by atoms with Crippen LogP contribution in [-0.2, 0) is 6.42 Å². The van der Waals surface area contributed by atoms with Crippen molar-refractivity contribution in [3.63, 3.8) is 0 Å². The molecular weight excluding hydrogens is 312 g/mol. The minimum atomic E-state index is 0.289. The van der Waals surface area contributed by atoms with E-state index >= 15 is 0 Å². The van der Waals surface area contributed by atoms with Crippen LogP contribution in [0.15, 0.2) is 52.9 Å². The van der Waals surface area contributed by atoms with Crippen LogP contribution in [0.5, 0.6) is 11.8 Å². The number of benzene rings is 2. The number of fused-ring (bicyclic) bond motifs is 1. The Morgan fingerprint density at radius 2 is 1.92 bits per heavy atom. The number of aryl methyl sites for hydroxylation is 1. The number of aromatic nitrogens is 1. The van der Waals surface area contributed by atoms with Crippen molar-refractivity contribution in [1.82, 2.24) is 10.3 Å². The van der Waals surface area contributed by atoms with E-state index in [2.05, 4.69) is 22.4 Å².